The molecule has 8 heteroatoms. The van der Waals surface area contributed by atoms with Gasteiger partial charge in [-0.1, -0.05) is 0 Å². The topological polar surface area (TPSA) is 60.1 Å². The van der Waals surface area contributed by atoms with Crippen LogP contribution in [0.1, 0.15) is 46.7 Å². The van der Waals surface area contributed by atoms with E-state index < -0.39 is 17.7 Å². The molecule has 138 valence electrons. The van der Waals surface area contributed by atoms with Gasteiger partial charge in [0.05, 0.1) is 17.2 Å². The summed E-state index contributed by atoms with van der Waals surface area (Å²) in [5.41, 5.74) is 1.80. The molecule has 0 saturated carbocycles. The lowest BCUT2D eigenvalue weighted by molar-refractivity contribution is -0.138. The molecule has 0 bridgehead atoms. The molecule has 1 amide bonds. The van der Waals surface area contributed by atoms with E-state index in [1.165, 1.54) is 6.92 Å². The van der Waals surface area contributed by atoms with Crippen LogP contribution >= 0.6 is 0 Å². The summed E-state index contributed by atoms with van der Waals surface area (Å²) in [6.45, 7) is 7.05. The Hall–Kier alpha value is -2.25. The van der Waals surface area contributed by atoms with Crippen LogP contribution in [0.25, 0.3) is 0 Å². The Morgan fingerprint density at radius 2 is 2.00 bits per heavy atom. The van der Waals surface area contributed by atoms with Gasteiger partial charge in [-0.2, -0.15) is 18.3 Å². The fraction of sp³-hybridized carbons (Fsp3) is 0.529. The summed E-state index contributed by atoms with van der Waals surface area (Å²) >= 11 is 0. The highest BCUT2D eigenvalue weighted by Gasteiger charge is 2.36. The molecule has 1 N–H and O–H groups in total. The molecule has 2 heterocycles. The fourth-order valence-corrected chi connectivity index (χ4v) is 3.04. The van der Waals surface area contributed by atoms with Crippen LogP contribution in [0, 0.1) is 20.8 Å². The van der Waals surface area contributed by atoms with Gasteiger partial charge in [0.25, 0.3) is 0 Å². The van der Waals surface area contributed by atoms with Crippen LogP contribution in [-0.2, 0) is 24.4 Å². The molecule has 1 unspecified atom stereocenters. The van der Waals surface area contributed by atoms with Crippen molar-refractivity contribution in [3.63, 3.8) is 0 Å². The van der Waals surface area contributed by atoms with Gasteiger partial charge < -0.3 is 9.73 Å². The molecule has 25 heavy (non-hydrogen) atoms. The highest BCUT2D eigenvalue weighted by molar-refractivity contribution is 5.83. The average molecular weight is 357 g/mol. The first-order chi connectivity index (χ1) is 11.5. The number of amides is 1. The molecular formula is C17H22F3N3O2. The van der Waals surface area contributed by atoms with Crippen molar-refractivity contribution in [3.8, 4) is 0 Å². The Balaban J connectivity index is 2.03. The molecular weight excluding hydrogens is 335 g/mol. The zero-order chi connectivity index (χ0) is 18.9. The molecule has 0 radical (unpaired) electrons. The summed E-state index contributed by atoms with van der Waals surface area (Å²) in [5, 5.41) is 6.99. The van der Waals surface area contributed by atoms with Gasteiger partial charge in [-0.15, -0.1) is 0 Å². The maximum absolute atomic E-state index is 12.9. The third kappa shape index (κ3) is 3.88. The smallest absolute Gasteiger partial charge is 0.419 e. The monoisotopic (exact) mass is 357 g/mol. The number of nitrogens with one attached hydrogen (secondary N) is 1. The maximum Gasteiger partial charge on any atom is 0.419 e. The van der Waals surface area contributed by atoms with Crippen molar-refractivity contribution in [3.05, 3.63) is 40.1 Å². The molecule has 5 nitrogen and oxygen atoms in total. The molecule has 0 fully saturated rings. The summed E-state index contributed by atoms with van der Waals surface area (Å²) in [5.74, 6) is -0.455. The minimum absolute atomic E-state index is 0.0562. The third-order valence-electron chi connectivity index (χ3n) is 4.47. The number of aromatic nitrogens is 2. The van der Waals surface area contributed by atoms with Crippen LogP contribution in [0.5, 0.6) is 0 Å². The Kier molecular flexibility index (Phi) is 5.29. The van der Waals surface area contributed by atoms with Crippen molar-refractivity contribution in [2.45, 2.75) is 46.2 Å². The summed E-state index contributed by atoms with van der Waals surface area (Å²) in [7, 11) is 1.80. The lowest BCUT2D eigenvalue weighted by Crippen LogP contribution is -2.30. The lowest BCUT2D eigenvalue weighted by Gasteiger charge is -2.14. The number of rotatable bonds is 5. The number of carbonyl (C=O) groups excluding carboxylic acids is 1. The SMILES string of the molecule is Cc1nn(C)c(C)c1C(C)C(=O)NCCc1c(C(F)(F)F)coc1C. The normalized spacial score (nSPS) is 13.1. The Morgan fingerprint density at radius 1 is 1.36 bits per heavy atom. The molecule has 0 aromatic carbocycles. The first kappa shape index (κ1) is 19.1. The van der Waals surface area contributed by atoms with Gasteiger partial charge in [0.1, 0.15) is 12.0 Å². The van der Waals surface area contributed by atoms with E-state index >= 15 is 0 Å². The average Bonchev–Trinajstić information content (AvgIpc) is 2.99. The van der Waals surface area contributed by atoms with Crippen molar-refractivity contribution in [2.75, 3.05) is 6.54 Å². The number of alkyl halides is 3. The standard InChI is InChI=1S/C17H22F3N3O2/c1-9(15-10(2)22-23(5)11(15)3)16(24)21-7-6-13-12(4)25-8-14(13)17(18,19)20/h8-9H,6-7H2,1-5H3,(H,21,24). The third-order valence-corrected chi connectivity index (χ3v) is 4.47. The molecule has 0 spiro atoms. The van der Waals surface area contributed by atoms with Gasteiger partial charge >= 0.3 is 6.18 Å². The Bertz CT molecular complexity index is 775. The molecule has 0 aliphatic heterocycles. The molecule has 2 rings (SSSR count). The van der Waals surface area contributed by atoms with Crippen LogP contribution in [0.2, 0.25) is 0 Å². The largest absolute Gasteiger partial charge is 0.469 e. The predicted octanol–water partition coefficient (Wildman–Crippen LogP) is 3.42. The number of halogens is 3. The molecule has 0 saturated heterocycles. The van der Waals surface area contributed by atoms with Gasteiger partial charge in [0.2, 0.25) is 5.91 Å². The number of aryl methyl sites for hydroxylation is 3. The number of nitrogens with zero attached hydrogens (tertiary/aromatic N) is 2. The van der Waals surface area contributed by atoms with Crippen LogP contribution in [0.15, 0.2) is 10.7 Å². The van der Waals surface area contributed by atoms with Crippen LogP contribution in [-0.4, -0.2) is 22.2 Å². The van der Waals surface area contributed by atoms with E-state index in [-0.39, 0.29) is 30.2 Å². The number of furan rings is 1. The highest BCUT2D eigenvalue weighted by atomic mass is 19.4. The van der Waals surface area contributed by atoms with E-state index in [2.05, 4.69) is 10.4 Å². The van der Waals surface area contributed by atoms with Crippen molar-refractivity contribution in [1.29, 1.82) is 0 Å². The molecule has 1 atom stereocenters. The van der Waals surface area contributed by atoms with E-state index in [9.17, 15) is 18.0 Å². The first-order valence-electron chi connectivity index (χ1n) is 7.96. The van der Waals surface area contributed by atoms with Crippen molar-refractivity contribution < 1.29 is 22.4 Å². The van der Waals surface area contributed by atoms with Crippen LogP contribution in [0.4, 0.5) is 13.2 Å². The number of carbonyl (C=O) groups is 1. The van der Waals surface area contributed by atoms with Crippen molar-refractivity contribution >= 4 is 5.91 Å². The molecule has 2 aromatic rings. The summed E-state index contributed by atoms with van der Waals surface area (Å²) < 4.78 is 45.4. The second kappa shape index (κ2) is 6.93. The molecule has 0 aliphatic rings. The number of hydrogen-bond donors (Lipinski definition) is 1. The number of hydrogen-bond acceptors (Lipinski definition) is 3. The van der Waals surface area contributed by atoms with Crippen LogP contribution < -0.4 is 5.32 Å². The molecule has 2 aromatic heterocycles. The van der Waals surface area contributed by atoms with Gasteiger partial charge in [-0.05, 0) is 34.1 Å². The lowest BCUT2D eigenvalue weighted by atomic mass is 9.98. The van der Waals surface area contributed by atoms with Gasteiger partial charge in [0.15, 0.2) is 0 Å². The van der Waals surface area contributed by atoms with Crippen molar-refractivity contribution in [2.24, 2.45) is 7.05 Å². The first-order valence-corrected chi connectivity index (χ1v) is 7.96. The van der Waals surface area contributed by atoms with Crippen LogP contribution in [0.3, 0.4) is 0 Å². The second-order valence-electron chi connectivity index (χ2n) is 6.15. The highest BCUT2D eigenvalue weighted by Crippen LogP contribution is 2.34. The summed E-state index contributed by atoms with van der Waals surface area (Å²) in [6, 6.07) is 0. The van der Waals surface area contributed by atoms with E-state index in [1.807, 2.05) is 13.8 Å². The summed E-state index contributed by atoms with van der Waals surface area (Å²) in [4.78, 5) is 12.4. The van der Waals surface area contributed by atoms with E-state index in [0.717, 1.165) is 23.2 Å². The zero-order valence-electron chi connectivity index (χ0n) is 14.9. The molecule has 0 aliphatic carbocycles. The minimum Gasteiger partial charge on any atom is -0.469 e. The Labute approximate surface area is 144 Å². The predicted molar refractivity (Wildman–Crippen MR) is 86.3 cm³/mol. The minimum atomic E-state index is -4.46. The quantitative estimate of drug-likeness (QED) is 0.892. The zero-order valence-corrected chi connectivity index (χ0v) is 14.9. The summed E-state index contributed by atoms with van der Waals surface area (Å²) in [6.07, 6.45) is -3.69. The van der Waals surface area contributed by atoms with E-state index in [4.69, 9.17) is 4.42 Å². The maximum atomic E-state index is 12.9. The van der Waals surface area contributed by atoms with Gasteiger partial charge in [-0.25, -0.2) is 0 Å². The van der Waals surface area contributed by atoms with Crippen molar-refractivity contribution in [1.82, 2.24) is 15.1 Å². The second-order valence-corrected chi connectivity index (χ2v) is 6.15. The Morgan fingerprint density at radius 3 is 2.52 bits per heavy atom. The fourth-order valence-electron chi connectivity index (χ4n) is 3.04. The van der Waals surface area contributed by atoms with E-state index in [1.54, 1.807) is 18.7 Å². The van der Waals surface area contributed by atoms with Gasteiger partial charge in [-0.3, -0.25) is 9.48 Å². The van der Waals surface area contributed by atoms with E-state index in [0.29, 0.717) is 0 Å². The van der Waals surface area contributed by atoms with Gasteiger partial charge in [0, 0.05) is 30.4 Å².